The van der Waals surface area contributed by atoms with Crippen molar-refractivity contribution in [2.24, 2.45) is 0 Å². The smallest absolute Gasteiger partial charge is 0.255 e. The zero-order valence-electron chi connectivity index (χ0n) is 18.7. The number of Topliss-reactive ketones (excluding diaryl/α,β-unsaturated/α-hetero) is 1. The minimum atomic E-state index is -0.0673. The van der Waals surface area contributed by atoms with Crippen LogP contribution in [0, 0.1) is 0 Å². The molecule has 0 radical (unpaired) electrons. The van der Waals surface area contributed by atoms with E-state index in [4.69, 9.17) is 0 Å². The highest BCUT2D eigenvalue weighted by molar-refractivity contribution is 7.99. The number of aromatic nitrogens is 3. The van der Waals surface area contributed by atoms with Crippen molar-refractivity contribution in [3.05, 3.63) is 87.6 Å². The Morgan fingerprint density at radius 3 is 2.38 bits per heavy atom. The molecule has 5 nitrogen and oxygen atoms in total. The largest absolute Gasteiger partial charge is 0.301 e. The minimum Gasteiger partial charge on any atom is -0.301 e. The molecule has 6 heteroatoms. The molecule has 3 rings (SSSR count). The lowest BCUT2D eigenvalue weighted by Crippen LogP contribution is -2.14. The maximum absolute atomic E-state index is 12.3. The third kappa shape index (κ3) is 8.08. The molecule has 0 saturated carbocycles. The standard InChI is InChI=1S/C26H31N3O2S/c1-20(30)23-13-11-21(12-14-23)9-6-4-2-3-5-7-16-32-26-28-19-24(25(31)29-26)17-22-10-8-15-27-18-22/h8,10-15,18-19H,2-7,9,16-17H2,1H3,(H,28,29,31). The van der Waals surface area contributed by atoms with Gasteiger partial charge >= 0.3 is 0 Å². The van der Waals surface area contributed by atoms with Crippen molar-refractivity contribution in [1.82, 2.24) is 15.0 Å². The average Bonchev–Trinajstić information content (AvgIpc) is 2.80. The van der Waals surface area contributed by atoms with Gasteiger partial charge in [-0.2, -0.15) is 0 Å². The molecule has 1 N–H and O–H groups in total. The van der Waals surface area contributed by atoms with E-state index in [1.807, 2.05) is 24.3 Å². The van der Waals surface area contributed by atoms with Gasteiger partial charge in [0.25, 0.3) is 5.56 Å². The molecular weight excluding hydrogens is 418 g/mol. The lowest BCUT2D eigenvalue weighted by Gasteiger charge is -2.05. The summed E-state index contributed by atoms with van der Waals surface area (Å²) >= 11 is 1.62. The van der Waals surface area contributed by atoms with Crippen LogP contribution in [-0.4, -0.2) is 26.5 Å². The third-order valence-electron chi connectivity index (χ3n) is 5.43. The summed E-state index contributed by atoms with van der Waals surface area (Å²) in [7, 11) is 0. The van der Waals surface area contributed by atoms with Crippen molar-refractivity contribution in [1.29, 1.82) is 0 Å². The molecule has 0 spiro atoms. The topological polar surface area (TPSA) is 75.7 Å². The van der Waals surface area contributed by atoms with Gasteiger partial charge in [0.1, 0.15) is 0 Å². The Hall–Kier alpha value is -2.73. The number of aromatic amines is 1. The molecule has 1 aromatic carbocycles. The molecular formula is C26H31N3O2S. The Balaban J connectivity index is 1.25. The molecule has 168 valence electrons. The molecule has 0 unspecified atom stereocenters. The van der Waals surface area contributed by atoms with E-state index in [0.717, 1.165) is 29.7 Å². The quantitative estimate of drug-likeness (QED) is 0.158. The van der Waals surface area contributed by atoms with Gasteiger partial charge in [-0.25, -0.2) is 4.98 Å². The van der Waals surface area contributed by atoms with Crippen molar-refractivity contribution >= 4 is 17.5 Å². The average molecular weight is 450 g/mol. The highest BCUT2D eigenvalue weighted by atomic mass is 32.2. The second-order valence-electron chi connectivity index (χ2n) is 8.05. The predicted molar refractivity (Wildman–Crippen MR) is 130 cm³/mol. The van der Waals surface area contributed by atoms with Crippen LogP contribution >= 0.6 is 11.8 Å². The first-order valence-corrected chi connectivity index (χ1v) is 12.3. The molecule has 3 aromatic rings. The summed E-state index contributed by atoms with van der Waals surface area (Å²) in [6.45, 7) is 1.60. The fourth-order valence-corrected chi connectivity index (χ4v) is 4.37. The second-order valence-corrected chi connectivity index (χ2v) is 9.14. The van der Waals surface area contributed by atoms with E-state index < -0.39 is 0 Å². The van der Waals surface area contributed by atoms with Gasteiger partial charge in [-0.3, -0.25) is 14.6 Å². The number of rotatable bonds is 13. The predicted octanol–water partition coefficient (Wildman–Crippen LogP) is 5.63. The molecule has 0 saturated heterocycles. The summed E-state index contributed by atoms with van der Waals surface area (Å²) in [4.78, 5) is 35.0. The van der Waals surface area contributed by atoms with Crippen LogP contribution in [0.3, 0.4) is 0 Å². The molecule has 0 bridgehead atoms. The Bertz CT molecular complexity index is 1030. The van der Waals surface area contributed by atoms with E-state index in [9.17, 15) is 9.59 Å². The van der Waals surface area contributed by atoms with Crippen LogP contribution in [0.5, 0.6) is 0 Å². The van der Waals surface area contributed by atoms with E-state index in [-0.39, 0.29) is 11.3 Å². The Labute approximate surface area is 194 Å². The normalized spacial score (nSPS) is 10.9. The van der Waals surface area contributed by atoms with Gasteiger partial charge in [-0.15, -0.1) is 0 Å². The van der Waals surface area contributed by atoms with Gasteiger partial charge in [0.05, 0.1) is 0 Å². The molecule has 0 fully saturated rings. The first-order valence-electron chi connectivity index (χ1n) is 11.3. The molecule has 0 atom stereocenters. The van der Waals surface area contributed by atoms with Gasteiger partial charge in [-0.1, -0.05) is 67.8 Å². The highest BCUT2D eigenvalue weighted by Gasteiger charge is 2.05. The summed E-state index contributed by atoms with van der Waals surface area (Å²) in [5.74, 6) is 1.09. The summed E-state index contributed by atoms with van der Waals surface area (Å²) in [5.41, 5.74) is 3.69. The lowest BCUT2D eigenvalue weighted by molar-refractivity contribution is 0.101. The molecule has 2 aromatic heterocycles. The second kappa shape index (κ2) is 13.0. The molecule has 0 aliphatic rings. The number of benzene rings is 1. The Kier molecular flexibility index (Phi) is 9.69. The van der Waals surface area contributed by atoms with Gasteiger partial charge in [0.15, 0.2) is 10.9 Å². The minimum absolute atomic E-state index is 0.0673. The monoisotopic (exact) mass is 449 g/mol. The lowest BCUT2D eigenvalue weighted by atomic mass is 10.0. The van der Waals surface area contributed by atoms with Gasteiger partial charge < -0.3 is 4.98 Å². The van der Waals surface area contributed by atoms with E-state index >= 15 is 0 Å². The molecule has 0 aliphatic carbocycles. The number of H-pyrrole nitrogens is 1. The summed E-state index contributed by atoms with van der Waals surface area (Å²) in [5, 5.41) is 0.695. The number of hydrogen-bond donors (Lipinski definition) is 1. The molecule has 2 heterocycles. The van der Waals surface area contributed by atoms with Crippen molar-refractivity contribution in [3.8, 4) is 0 Å². The number of pyridine rings is 1. The fraction of sp³-hybridized carbons (Fsp3) is 0.385. The highest BCUT2D eigenvalue weighted by Crippen LogP contribution is 2.16. The van der Waals surface area contributed by atoms with E-state index in [0.29, 0.717) is 17.1 Å². The first-order chi connectivity index (χ1) is 15.6. The van der Waals surface area contributed by atoms with Crippen LogP contribution in [0.1, 0.15) is 72.5 Å². The van der Waals surface area contributed by atoms with Crippen molar-refractivity contribution in [2.75, 3.05) is 5.75 Å². The van der Waals surface area contributed by atoms with Crippen LogP contribution in [0.25, 0.3) is 0 Å². The van der Waals surface area contributed by atoms with Crippen LogP contribution in [-0.2, 0) is 12.8 Å². The van der Waals surface area contributed by atoms with E-state index in [2.05, 4.69) is 27.1 Å². The summed E-state index contributed by atoms with van der Waals surface area (Å²) < 4.78 is 0. The molecule has 0 aliphatic heterocycles. The van der Waals surface area contributed by atoms with E-state index in [1.54, 1.807) is 37.3 Å². The van der Waals surface area contributed by atoms with Crippen LogP contribution < -0.4 is 5.56 Å². The molecule has 0 amide bonds. The zero-order chi connectivity index (χ0) is 22.6. The Morgan fingerprint density at radius 1 is 0.938 bits per heavy atom. The molecule has 32 heavy (non-hydrogen) atoms. The number of aryl methyl sites for hydroxylation is 1. The van der Waals surface area contributed by atoms with Crippen LogP contribution in [0.2, 0.25) is 0 Å². The maximum Gasteiger partial charge on any atom is 0.255 e. The van der Waals surface area contributed by atoms with Crippen LogP contribution in [0.4, 0.5) is 0 Å². The number of nitrogens with one attached hydrogen (secondary N) is 1. The first kappa shape index (κ1) is 23.9. The SMILES string of the molecule is CC(=O)c1ccc(CCCCCCCCSc2ncc(Cc3cccnc3)c(=O)[nH]2)cc1. The summed E-state index contributed by atoms with van der Waals surface area (Å²) in [6, 6.07) is 11.8. The number of ketones is 1. The number of nitrogens with zero attached hydrogens (tertiary/aromatic N) is 2. The number of unbranched alkanes of at least 4 members (excludes halogenated alkanes) is 5. The van der Waals surface area contributed by atoms with Crippen molar-refractivity contribution < 1.29 is 4.79 Å². The summed E-state index contributed by atoms with van der Waals surface area (Å²) in [6.07, 6.45) is 14.0. The van der Waals surface area contributed by atoms with Crippen molar-refractivity contribution in [2.45, 2.75) is 63.4 Å². The van der Waals surface area contributed by atoms with E-state index in [1.165, 1.54) is 37.7 Å². The number of thioether (sulfide) groups is 1. The fourth-order valence-electron chi connectivity index (χ4n) is 3.54. The van der Waals surface area contributed by atoms with Gasteiger partial charge in [0, 0.05) is 41.9 Å². The zero-order valence-corrected chi connectivity index (χ0v) is 19.5. The van der Waals surface area contributed by atoms with Gasteiger partial charge in [0.2, 0.25) is 0 Å². The maximum atomic E-state index is 12.3. The van der Waals surface area contributed by atoms with Crippen LogP contribution in [0.15, 0.2) is 64.9 Å². The number of carbonyl (C=O) groups is 1. The van der Waals surface area contributed by atoms with Gasteiger partial charge in [-0.05, 0) is 43.4 Å². The number of hydrogen-bond acceptors (Lipinski definition) is 5. The third-order valence-corrected chi connectivity index (χ3v) is 6.40. The number of carbonyl (C=O) groups excluding carboxylic acids is 1. The van der Waals surface area contributed by atoms with Crippen molar-refractivity contribution in [3.63, 3.8) is 0 Å². The Morgan fingerprint density at radius 2 is 1.69 bits per heavy atom.